The molecule has 1 amide bonds. The van der Waals surface area contributed by atoms with E-state index in [0.29, 0.717) is 12.5 Å². The van der Waals surface area contributed by atoms with E-state index < -0.39 is 10.0 Å². The number of piperidine rings is 1. The molecule has 2 aromatic carbocycles. The minimum Gasteiger partial charge on any atom is -0.326 e. The van der Waals surface area contributed by atoms with Gasteiger partial charge >= 0.3 is 0 Å². The number of nitrogens with one attached hydrogen (secondary N) is 3. The van der Waals surface area contributed by atoms with Crippen LogP contribution in [0.3, 0.4) is 0 Å². The number of aromatic nitrogens is 1. The number of carbonyl (C=O) groups is 1. The fraction of sp³-hybridized carbons (Fsp3) is 0.360. The lowest BCUT2D eigenvalue weighted by molar-refractivity contribution is -0.117. The Balaban J connectivity index is 1.18. The fourth-order valence-corrected chi connectivity index (χ4v) is 5.67. The van der Waals surface area contributed by atoms with Gasteiger partial charge in [0.05, 0.1) is 4.90 Å². The monoisotopic (exact) mass is 464 g/mol. The predicted octanol–water partition coefficient (Wildman–Crippen LogP) is 3.25. The summed E-state index contributed by atoms with van der Waals surface area (Å²) in [7, 11) is -3.53. The van der Waals surface area contributed by atoms with Gasteiger partial charge in [0.25, 0.3) is 0 Å². The molecule has 1 aromatic heterocycles. The number of hydrogen-bond donors (Lipinski definition) is 3. The summed E-state index contributed by atoms with van der Waals surface area (Å²) < 4.78 is 28.0. The molecule has 8 heteroatoms. The summed E-state index contributed by atoms with van der Waals surface area (Å²) >= 11 is 0. The topological polar surface area (TPSA) is 100 Å². The van der Waals surface area contributed by atoms with Gasteiger partial charge in [0.1, 0.15) is 0 Å². The van der Waals surface area contributed by atoms with Gasteiger partial charge in [0.2, 0.25) is 15.9 Å². The third-order valence-electron chi connectivity index (χ3n) is 6.61. The molecule has 0 spiro atoms. The van der Waals surface area contributed by atoms with Crippen molar-refractivity contribution >= 4 is 32.4 Å². The number of anilines is 1. The van der Waals surface area contributed by atoms with Crippen LogP contribution < -0.4 is 15.4 Å². The summed E-state index contributed by atoms with van der Waals surface area (Å²) in [5.74, 6) is 0.343. The number of hydrogen-bond acceptors (Lipinski definition) is 5. The van der Waals surface area contributed by atoms with Crippen LogP contribution in [0.15, 0.2) is 65.8 Å². The zero-order valence-corrected chi connectivity index (χ0v) is 19.1. The second-order valence-electron chi connectivity index (χ2n) is 9.01. The Kier molecular flexibility index (Phi) is 6.14. The second-order valence-corrected chi connectivity index (χ2v) is 10.8. The molecule has 3 atom stereocenters. The maximum Gasteiger partial charge on any atom is 0.240 e. The van der Waals surface area contributed by atoms with Gasteiger partial charge in [-0.15, -0.1) is 0 Å². The highest BCUT2D eigenvalue weighted by Gasteiger charge is 2.44. The van der Waals surface area contributed by atoms with E-state index in [1.807, 2.05) is 36.4 Å². The number of nitrogens with zero attached hydrogens (tertiary/aromatic N) is 1. The quantitative estimate of drug-likeness (QED) is 0.498. The first-order valence-corrected chi connectivity index (χ1v) is 12.9. The SMILES string of the molecule is O=C(Nc1ccc2cnccc2c1)C1CC1c1ccc(S(=O)(=O)NC[C@H]2CCCNC2)cc1. The molecule has 1 aliphatic heterocycles. The van der Waals surface area contributed by atoms with Crippen LogP contribution in [0.2, 0.25) is 0 Å². The molecule has 0 bridgehead atoms. The number of fused-ring (bicyclic) bond motifs is 1. The smallest absolute Gasteiger partial charge is 0.240 e. The molecule has 33 heavy (non-hydrogen) atoms. The molecule has 3 aromatic rings. The normalized spacial score (nSPS) is 22.7. The van der Waals surface area contributed by atoms with Crippen LogP contribution >= 0.6 is 0 Å². The standard InChI is InChI=1S/C25H28N4O3S/c30-25(29-21-6-3-20-16-27-11-9-19(20)12-21)24-13-23(24)18-4-7-22(8-5-18)33(31,32)28-15-17-2-1-10-26-14-17/h3-9,11-12,16-17,23-24,26,28H,1-2,10,13-15H2,(H,29,30)/t17-,23?,24?/m0/s1. The second kappa shape index (κ2) is 9.21. The molecule has 0 radical (unpaired) electrons. The van der Waals surface area contributed by atoms with Gasteiger partial charge < -0.3 is 10.6 Å². The highest BCUT2D eigenvalue weighted by Crippen LogP contribution is 2.48. The van der Waals surface area contributed by atoms with Gasteiger partial charge in [0, 0.05) is 35.9 Å². The van der Waals surface area contributed by atoms with Crippen molar-refractivity contribution in [2.24, 2.45) is 11.8 Å². The molecule has 2 unspecified atom stereocenters. The van der Waals surface area contributed by atoms with Crippen molar-refractivity contribution in [2.45, 2.75) is 30.1 Å². The summed E-state index contributed by atoms with van der Waals surface area (Å²) in [6.45, 7) is 2.31. The number of carbonyl (C=O) groups excluding carboxylic acids is 1. The molecule has 7 nitrogen and oxygen atoms in total. The molecular formula is C25H28N4O3S. The summed E-state index contributed by atoms with van der Waals surface area (Å²) in [5.41, 5.74) is 1.76. The zero-order valence-electron chi connectivity index (χ0n) is 18.3. The van der Waals surface area contributed by atoms with E-state index in [-0.39, 0.29) is 22.6 Å². The van der Waals surface area contributed by atoms with Crippen LogP contribution in [-0.2, 0) is 14.8 Å². The van der Waals surface area contributed by atoms with Gasteiger partial charge in [0.15, 0.2) is 0 Å². The lowest BCUT2D eigenvalue weighted by atomic mass is 10.0. The molecule has 172 valence electrons. The Morgan fingerprint density at radius 3 is 2.73 bits per heavy atom. The maximum atomic E-state index is 12.7. The Labute approximate surface area is 194 Å². The van der Waals surface area contributed by atoms with Crippen LogP contribution in [0.5, 0.6) is 0 Å². The third-order valence-corrected chi connectivity index (χ3v) is 8.05. The van der Waals surface area contributed by atoms with Crippen LogP contribution in [0.4, 0.5) is 5.69 Å². The summed E-state index contributed by atoms with van der Waals surface area (Å²) in [6, 6.07) is 14.6. The predicted molar refractivity (Wildman–Crippen MR) is 128 cm³/mol. The third kappa shape index (κ3) is 5.08. The minimum atomic E-state index is -3.53. The van der Waals surface area contributed by atoms with Crippen molar-refractivity contribution in [1.82, 2.24) is 15.0 Å². The molecule has 2 heterocycles. The molecule has 1 saturated carbocycles. The lowest BCUT2D eigenvalue weighted by Crippen LogP contribution is -2.38. The molecule has 1 saturated heterocycles. The molecule has 2 fully saturated rings. The minimum absolute atomic E-state index is 0.00661. The number of benzene rings is 2. The van der Waals surface area contributed by atoms with Gasteiger partial charge in [-0.05, 0) is 85.5 Å². The zero-order chi connectivity index (χ0) is 22.8. The molecule has 5 rings (SSSR count). The lowest BCUT2D eigenvalue weighted by Gasteiger charge is -2.22. The van der Waals surface area contributed by atoms with Gasteiger partial charge in [-0.3, -0.25) is 9.78 Å². The van der Waals surface area contributed by atoms with E-state index in [9.17, 15) is 13.2 Å². The Hall–Kier alpha value is -2.81. The van der Waals surface area contributed by atoms with E-state index in [1.54, 1.807) is 24.5 Å². The summed E-state index contributed by atoms with van der Waals surface area (Å²) in [5, 5.41) is 8.37. The van der Waals surface area contributed by atoms with Gasteiger partial charge in [-0.25, -0.2) is 13.1 Å². The first kappa shape index (κ1) is 22.0. The van der Waals surface area contributed by atoms with Crippen molar-refractivity contribution in [3.05, 3.63) is 66.5 Å². The first-order valence-electron chi connectivity index (χ1n) is 11.4. The Morgan fingerprint density at radius 1 is 1.09 bits per heavy atom. The number of amides is 1. The highest BCUT2D eigenvalue weighted by atomic mass is 32.2. The number of rotatable bonds is 7. The van der Waals surface area contributed by atoms with E-state index >= 15 is 0 Å². The van der Waals surface area contributed by atoms with Crippen LogP contribution in [0, 0.1) is 11.8 Å². The summed E-state index contributed by atoms with van der Waals surface area (Å²) in [6.07, 6.45) is 6.41. The first-order chi connectivity index (χ1) is 16.0. The molecule has 1 aliphatic carbocycles. The van der Waals surface area contributed by atoms with Crippen molar-refractivity contribution in [1.29, 1.82) is 0 Å². The highest BCUT2D eigenvalue weighted by molar-refractivity contribution is 7.89. The summed E-state index contributed by atoms with van der Waals surface area (Å²) in [4.78, 5) is 17.1. The Morgan fingerprint density at radius 2 is 1.94 bits per heavy atom. The van der Waals surface area contributed by atoms with Crippen molar-refractivity contribution in [3.63, 3.8) is 0 Å². The van der Waals surface area contributed by atoms with Crippen LogP contribution in [0.25, 0.3) is 10.8 Å². The molecular weight excluding hydrogens is 436 g/mol. The van der Waals surface area contributed by atoms with Crippen molar-refractivity contribution in [3.8, 4) is 0 Å². The largest absolute Gasteiger partial charge is 0.326 e. The number of sulfonamides is 1. The van der Waals surface area contributed by atoms with Crippen LogP contribution in [0.1, 0.15) is 30.7 Å². The molecule has 3 N–H and O–H groups in total. The number of pyridine rings is 1. The van der Waals surface area contributed by atoms with E-state index in [2.05, 4.69) is 20.3 Å². The van der Waals surface area contributed by atoms with Crippen LogP contribution in [-0.4, -0.2) is 38.9 Å². The maximum absolute atomic E-state index is 12.7. The fourth-order valence-electron chi connectivity index (χ4n) is 4.55. The van der Waals surface area contributed by atoms with E-state index in [0.717, 1.165) is 54.4 Å². The van der Waals surface area contributed by atoms with Crippen molar-refractivity contribution < 1.29 is 13.2 Å². The van der Waals surface area contributed by atoms with E-state index in [1.165, 1.54) is 0 Å². The Bertz CT molecular complexity index is 1250. The average molecular weight is 465 g/mol. The molecule has 2 aliphatic rings. The van der Waals surface area contributed by atoms with Gasteiger partial charge in [-0.2, -0.15) is 0 Å². The van der Waals surface area contributed by atoms with Gasteiger partial charge in [-0.1, -0.05) is 18.2 Å². The van der Waals surface area contributed by atoms with E-state index in [4.69, 9.17) is 0 Å². The average Bonchev–Trinajstić information content (AvgIpc) is 3.65. The van der Waals surface area contributed by atoms with Crippen molar-refractivity contribution in [2.75, 3.05) is 25.0 Å².